The molecule has 2 atom stereocenters. The summed E-state index contributed by atoms with van der Waals surface area (Å²) in [5.74, 6) is -2.92. The monoisotopic (exact) mass is 1030 g/mol. The van der Waals surface area contributed by atoms with E-state index in [0.29, 0.717) is 82.4 Å². The summed E-state index contributed by atoms with van der Waals surface area (Å²) in [4.78, 5) is 73.8. The van der Waals surface area contributed by atoms with Crippen LogP contribution in [0.4, 0.5) is 19.3 Å². The van der Waals surface area contributed by atoms with E-state index in [1.165, 1.54) is 30.2 Å². The Morgan fingerprint density at radius 2 is 1.26 bits per heavy atom. The number of anilines is 1. The number of likely N-dealkylation sites (tertiary alicyclic amines) is 4. The molecule has 0 saturated carbocycles. The van der Waals surface area contributed by atoms with Crippen LogP contribution >= 0.6 is 11.8 Å². The normalized spacial score (nSPS) is 18.6. The van der Waals surface area contributed by atoms with E-state index in [2.05, 4.69) is 39.6 Å². The van der Waals surface area contributed by atoms with Crippen LogP contribution in [-0.4, -0.2) is 142 Å². The molecule has 4 aromatic carbocycles. The van der Waals surface area contributed by atoms with Crippen molar-refractivity contribution in [2.24, 2.45) is 11.8 Å². The van der Waals surface area contributed by atoms with Gasteiger partial charge in [0.05, 0.1) is 12.7 Å². The van der Waals surface area contributed by atoms with Gasteiger partial charge in [0.25, 0.3) is 0 Å². The van der Waals surface area contributed by atoms with Crippen LogP contribution in [0.3, 0.4) is 0 Å². The second-order valence-corrected chi connectivity index (χ2v) is 20.7. The number of aliphatic carboxylic acids is 2. The first-order valence-electron chi connectivity index (χ1n) is 25.6. The number of halogens is 2. The van der Waals surface area contributed by atoms with Crippen molar-refractivity contribution in [3.63, 3.8) is 0 Å². The van der Waals surface area contributed by atoms with Crippen molar-refractivity contribution >= 4 is 64.3 Å². The van der Waals surface area contributed by atoms with Gasteiger partial charge in [-0.15, -0.1) is 11.8 Å². The van der Waals surface area contributed by atoms with E-state index in [0.717, 1.165) is 78.6 Å². The third-order valence-corrected chi connectivity index (χ3v) is 16.1. The predicted octanol–water partition coefficient (Wildman–Crippen LogP) is 9.80. The highest BCUT2D eigenvalue weighted by molar-refractivity contribution is 7.98. The van der Waals surface area contributed by atoms with Crippen molar-refractivity contribution in [2.45, 2.75) is 80.2 Å². The number of H-pyrrole nitrogens is 1. The number of ether oxygens (including phenoxy) is 1. The number of amides is 3. The minimum Gasteiger partial charge on any atom is -0.480 e. The summed E-state index contributed by atoms with van der Waals surface area (Å²) in [7, 11) is 1.35. The number of carbonyl (C=O) groups excluding carboxylic acids is 3. The topological polar surface area (TPSA) is 176 Å². The molecule has 0 spiro atoms. The van der Waals surface area contributed by atoms with Crippen molar-refractivity contribution in [3.05, 3.63) is 137 Å². The molecule has 14 nitrogen and oxygen atoms in total. The minimum absolute atomic E-state index is 0.0519. The van der Waals surface area contributed by atoms with Crippen molar-refractivity contribution in [3.8, 4) is 0 Å². The van der Waals surface area contributed by atoms with Crippen LogP contribution < -0.4 is 5.32 Å². The second kappa shape index (κ2) is 25.1. The quantitative estimate of drug-likeness (QED) is 0.0502. The number of hydrogen-bond donors (Lipinski definition) is 4. The molecule has 17 heteroatoms. The second-order valence-electron chi connectivity index (χ2n) is 19.8. The number of nitrogens with one attached hydrogen (secondary N) is 2. The Kier molecular flexibility index (Phi) is 18.2. The third kappa shape index (κ3) is 13.4. The number of carboxylic acid groups (broad SMARTS) is 2. The first-order valence-corrected chi connectivity index (χ1v) is 26.8. The number of esters is 1. The van der Waals surface area contributed by atoms with E-state index in [1.54, 1.807) is 28.8 Å². The van der Waals surface area contributed by atoms with Gasteiger partial charge in [0.1, 0.15) is 23.7 Å². The molecule has 4 aliphatic heterocycles. The van der Waals surface area contributed by atoms with E-state index in [4.69, 9.17) is 4.74 Å². The number of aromatic nitrogens is 1. The molecule has 0 radical (unpaired) electrons. The van der Waals surface area contributed by atoms with E-state index in [1.807, 2.05) is 58.5 Å². The highest BCUT2D eigenvalue weighted by Gasteiger charge is 2.40. The molecule has 5 heterocycles. The van der Waals surface area contributed by atoms with Crippen LogP contribution in [-0.2, 0) is 19.1 Å². The van der Waals surface area contributed by atoms with Crippen molar-refractivity contribution in [2.75, 3.05) is 71.0 Å². The fourth-order valence-electron chi connectivity index (χ4n) is 11.5. The predicted molar refractivity (Wildman–Crippen MR) is 282 cm³/mol. The number of rotatable bonds is 13. The maximum atomic E-state index is 13.4. The minimum atomic E-state index is -0.844. The van der Waals surface area contributed by atoms with Crippen LogP contribution in [0.15, 0.2) is 108 Å². The van der Waals surface area contributed by atoms with Gasteiger partial charge in [-0.3, -0.25) is 24.2 Å². The summed E-state index contributed by atoms with van der Waals surface area (Å²) >= 11 is 1.64. The van der Waals surface area contributed by atoms with E-state index < -0.39 is 35.7 Å². The SMILES string of the molecule is COC(=O)c1ccc(C2CCN(C(C(=O)O)C3CCN(C(=O)/C=C/c4cc(F)cc(F)c4)CC3)CC2)cc1.CSc1cccc(NC(=O)N2CCC(C(C(=O)O)N3CCC(c4c[nH]c5ccccc45)CC3)CC2)c1. The Morgan fingerprint density at radius 1 is 0.689 bits per heavy atom. The number of para-hydroxylation sites is 1. The smallest absolute Gasteiger partial charge is 0.337 e. The molecule has 4 fully saturated rings. The zero-order chi connectivity index (χ0) is 52.3. The summed E-state index contributed by atoms with van der Waals surface area (Å²) in [6.07, 6.45) is 12.9. The van der Waals surface area contributed by atoms with Gasteiger partial charge in [0.2, 0.25) is 5.91 Å². The van der Waals surface area contributed by atoms with E-state index in [-0.39, 0.29) is 35.3 Å². The van der Waals surface area contributed by atoms with Gasteiger partial charge in [0, 0.05) is 66.0 Å². The fourth-order valence-corrected chi connectivity index (χ4v) is 11.9. The average Bonchev–Trinajstić information content (AvgIpc) is 3.85. The third-order valence-electron chi connectivity index (χ3n) is 15.4. The van der Waals surface area contributed by atoms with Gasteiger partial charge in [-0.2, -0.15) is 0 Å². The number of carboxylic acids is 2. The van der Waals surface area contributed by atoms with Crippen LogP contribution in [0.2, 0.25) is 0 Å². The van der Waals surface area contributed by atoms with Crippen LogP contribution in [0.5, 0.6) is 0 Å². The number of benzene rings is 4. The Morgan fingerprint density at radius 3 is 1.82 bits per heavy atom. The lowest BCUT2D eigenvalue weighted by Crippen LogP contribution is -2.52. The molecule has 2 unspecified atom stereocenters. The highest BCUT2D eigenvalue weighted by Crippen LogP contribution is 2.37. The lowest BCUT2D eigenvalue weighted by atomic mass is 9.84. The molecule has 0 aliphatic carbocycles. The number of nitrogens with zero attached hydrogens (tertiary/aromatic N) is 4. The summed E-state index contributed by atoms with van der Waals surface area (Å²) in [5, 5.41) is 24.5. The number of thioether (sulfide) groups is 1. The molecule has 4 saturated heterocycles. The Labute approximate surface area is 435 Å². The van der Waals surface area contributed by atoms with Crippen molar-refractivity contribution in [1.29, 1.82) is 0 Å². The maximum Gasteiger partial charge on any atom is 0.337 e. The van der Waals surface area contributed by atoms with Gasteiger partial charge >= 0.3 is 23.9 Å². The lowest BCUT2D eigenvalue weighted by Gasteiger charge is -2.41. The number of fused-ring (bicyclic) bond motifs is 1. The van der Waals surface area contributed by atoms with Crippen LogP contribution in [0.1, 0.15) is 90.3 Å². The molecule has 1 aromatic heterocycles. The largest absolute Gasteiger partial charge is 0.480 e. The molecule has 5 aromatic rings. The Hall–Kier alpha value is -6.56. The molecule has 0 bridgehead atoms. The summed E-state index contributed by atoms with van der Waals surface area (Å²) in [6.45, 7) is 4.90. The van der Waals surface area contributed by atoms with Gasteiger partial charge in [-0.05, 0) is 179 Å². The van der Waals surface area contributed by atoms with Crippen LogP contribution in [0.25, 0.3) is 17.0 Å². The Bertz CT molecular complexity index is 2760. The van der Waals surface area contributed by atoms with Gasteiger partial charge in [-0.1, -0.05) is 36.4 Å². The maximum absolute atomic E-state index is 13.4. The molecular weight excluding hydrogens is 967 g/mol. The molecule has 9 rings (SSSR count). The van der Waals surface area contributed by atoms with E-state index >= 15 is 0 Å². The zero-order valence-electron chi connectivity index (χ0n) is 42.0. The highest BCUT2D eigenvalue weighted by atomic mass is 32.2. The zero-order valence-corrected chi connectivity index (χ0v) is 42.8. The van der Waals surface area contributed by atoms with Gasteiger partial charge < -0.3 is 35.1 Å². The number of methoxy groups -OCH3 is 1. The number of hydrogen-bond acceptors (Lipinski definition) is 9. The molecule has 4 aliphatic rings. The molecule has 392 valence electrons. The van der Waals surface area contributed by atoms with Crippen molar-refractivity contribution in [1.82, 2.24) is 24.6 Å². The number of carbonyl (C=O) groups is 5. The first kappa shape index (κ1) is 53.7. The van der Waals surface area contributed by atoms with Gasteiger partial charge in [0.15, 0.2) is 0 Å². The fraction of sp³-hybridized carbons (Fsp3) is 0.421. The van der Waals surface area contributed by atoms with E-state index in [9.17, 15) is 43.0 Å². The summed E-state index contributed by atoms with van der Waals surface area (Å²) in [5.41, 5.74) is 5.19. The molecular formula is C57H66F2N6O8S. The Balaban J connectivity index is 0.000000197. The summed E-state index contributed by atoms with van der Waals surface area (Å²) in [6, 6.07) is 25.4. The number of aromatic amines is 1. The standard InChI is InChI=1S/C29H32F2N2O5.C28H34N4O3S/c1-38-29(37)23-5-3-20(4-6-23)21-8-14-33(15-9-21)27(28(35)36)22-10-12-32(13-11-22)26(34)7-2-19-16-24(30)18-25(31)17-19;1-36-22-6-4-5-21(17-22)30-28(35)32-15-11-20(12-16-32)26(27(33)34)31-13-9-19(10-14-31)24-18-29-25-8-3-2-7-23(24)25/h2-7,16-18,21-22,27H,8-15H2,1H3,(H,35,36);2-8,17-20,26,29H,9-16H2,1H3,(H,30,35)(H,33,34)/b7-2+;. The molecule has 3 amide bonds. The number of piperidine rings is 4. The van der Waals surface area contributed by atoms with Crippen molar-refractivity contribution < 1.29 is 47.7 Å². The number of urea groups is 1. The molecule has 74 heavy (non-hydrogen) atoms. The first-order chi connectivity index (χ1) is 35.8. The van der Waals surface area contributed by atoms with Crippen LogP contribution in [0, 0.1) is 23.5 Å². The lowest BCUT2D eigenvalue weighted by molar-refractivity contribution is -0.148. The molecule has 4 N–H and O–H groups in total. The summed E-state index contributed by atoms with van der Waals surface area (Å²) < 4.78 is 31.5. The van der Waals surface area contributed by atoms with Gasteiger partial charge in [-0.25, -0.2) is 18.4 Å². The average molecular weight is 1030 g/mol.